The van der Waals surface area contributed by atoms with Gasteiger partial charge in [0.1, 0.15) is 12.0 Å². The minimum Gasteiger partial charge on any atom is -0.379 e. The summed E-state index contributed by atoms with van der Waals surface area (Å²) in [6.45, 7) is 6.27. The molecule has 4 aromatic rings. The highest BCUT2D eigenvalue weighted by molar-refractivity contribution is 5.97. The van der Waals surface area contributed by atoms with E-state index in [2.05, 4.69) is 32.3 Å². The second kappa shape index (κ2) is 12.2. The van der Waals surface area contributed by atoms with Gasteiger partial charge >= 0.3 is 6.18 Å². The van der Waals surface area contributed by atoms with E-state index >= 15 is 4.39 Å². The summed E-state index contributed by atoms with van der Waals surface area (Å²) < 4.78 is 59.5. The summed E-state index contributed by atoms with van der Waals surface area (Å²) in [5.74, 6) is -1.24. The third-order valence-corrected chi connectivity index (χ3v) is 8.11. The molecule has 46 heavy (non-hydrogen) atoms. The van der Waals surface area contributed by atoms with Gasteiger partial charge in [0.15, 0.2) is 17.2 Å². The SMILES string of the molecule is C=CCn1cc(-c2cnc3c(Nc4cc(C)c(C(=O)N5CCN(C(=O)[C@H]6CC[C@H](O)N6)CC5)c(F)c4)nccn23)c(C(F)(F)F)n1. The molecular formula is C30H31F4N9O3. The molecule has 0 saturated carbocycles. The van der Waals surface area contributed by atoms with Gasteiger partial charge in [-0.3, -0.25) is 24.0 Å². The number of nitrogens with zero attached hydrogens (tertiary/aromatic N) is 7. The van der Waals surface area contributed by atoms with E-state index in [1.165, 1.54) is 40.2 Å². The number of aromatic nitrogens is 5. The molecule has 5 heterocycles. The lowest BCUT2D eigenvalue weighted by atomic mass is 10.0. The van der Waals surface area contributed by atoms with Gasteiger partial charge in [-0.05, 0) is 37.5 Å². The van der Waals surface area contributed by atoms with E-state index in [9.17, 15) is 27.9 Å². The molecule has 2 amide bonds. The average Bonchev–Trinajstić information content (AvgIpc) is 3.75. The molecule has 12 nitrogen and oxygen atoms in total. The van der Waals surface area contributed by atoms with Gasteiger partial charge in [-0.2, -0.15) is 18.3 Å². The number of piperazine rings is 1. The van der Waals surface area contributed by atoms with Crippen LogP contribution in [0.1, 0.15) is 34.5 Å². The van der Waals surface area contributed by atoms with Crippen LogP contribution in [0.2, 0.25) is 0 Å². The summed E-state index contributed by atoms with van der Waals surface area (Å²) in [5, 5.41) is 19.2. The van der Waals surface area contributed by atoms with Gasteiger partial charge in [-0.15, -0.1) is 6.58 Å². The molecule has 0 aliphatic carbocycles. The monoisotopic (exact) mass is 641 g/mol. The summed E-state index contributed by atoms with van der Waals surface area (Å²) in [7, 11) is 0. The number of alkyl halides is 3. The molecule has 2 fully saturated rings. The van der Waals surface area contributed by atoms with Gasteiger partial charge in [-0.25, -0.2) is 14.4 Å². The first-order valence-electron chi connectivity index (χ1n) is 14.6. The standard InChI is InChI=1S/C30H31F4N9O3/c1-3-7-42-16-19(25(39-42)30(32,33)34)22-15-36-27-26(35-6-8-43(22)27)37-18-13-17(2)24(20(31)14-18)29(46)41-11-9-40(10-12-41)28(45)21-4-5-23(44)38-21/h3,6,8,13-16,21,23,38,44H,1,4-5,7,9-12H2,2H3,(H,35,37)/t21-,23+/m1/s1. The van der Waals surface area contributed by atoms with Crippen LogP contribution >= 0.6 is 0 Å². The van der Waals surface area contributed by atoms with Crippen LogP contribution in [0, 0.1) is 12.7 Å². The number of hydrogen-bond acceptors (Lipinski definition) is 8. The van der Waals surface area contributed by atoms with Crippen LogP contribution in [0.3, 0.4) is 0 Å². The lowest BCUT2D eigenvalue weighted by Gasteiger charge is -2.36. The summed E-state index contributed by atoms with van der Waals surface area (Å²) in [4.78, 5) is 37.8. The van der Waals surface area contributed by atoms with E-state index in [0.29, 0.717) is 31.5 Å². The van der Waals surface area contributed by atoms with Crippen LogP contribution < -0.4 is 10.6 Å². The fraction of sp³-hybridized carbons (Fsp3) is 0.367. The predicted molar refractivity (Wildman–Crippen MR) is 158 cm³/mol. The highest BCUT2D eigenvalue weighted by Crippen LogP contribution is 2.37. The minimum absolute atomic E-state index is 0.0807. The Hall–Kier alpha value is -4.83. The Balaban J connectivity index is 1.20. The van der Waals surface area contributed by atoms with Crippen LogP contribution in [0.4, 0.5) is 29.1 Å². The molecule has 242 valence electrons. The van der Waals surface area contributed by atoms with Gasteiger partial charge in [0.05, 0.1) is 35.6 Å². The molecule has 2 atom stereocenters. The number of carbonyl (C=O) groups is 2. The topological polar surface area (TPSA) is 133 Å². The zero-order valence-corrected chi connectivity index (χ0v) is 24.8. The molecule has 3 aromatic heterocycles. The van der Waals surface area contributed by atoms with Gasteiger partial charge < -0.3 is 20.2 Å². The molecule has 2 saturated heterocycles. The number of aliphatic hydroxyl groups excluding tert-OH is 1. The number of rotatable bonds is 7. The first-order valence-corrected chi connectivity index (χ1v) is 14.6. The maximum Gasteiger partial charge on any atom is 0.435 e. The number of imidazole rings is 1. The van der Waals surface area contributed by atoms with Crippen molar-refractivity contribution in [3.8, 4) is 11.3 Å². The Morgan fingerprint density at radius 3 is 2.54 bits per heavy atom. The predicted octanol–water partition coefficient (Wildman–Crippen LogP) is 3.34. The van der Waals surface area contributed by atoms with Crippen LogP contribution in [0.25, 0.3) is 16.9 Å². The summed E-state index contributed by atoms with van der Waals surface area (Å²) >= 11 is 0. The Morgan fingerprint density at radius 2 is 1.89 bits per heavy atom. The smallest absolute Gasteiger partial charge is 0.379 e. The fourth-order valence-corrected chi connectivity index (χ4v) is 5.90. The van der Waals surface area contributed by atoms with Crippen LogP contribution in [-0.2, 0) is 17.5 Å². The molecular weight excluding hydrogens is 610 g/mol. The lowest BCUT2D eigenvalue weighted by molar-refractivity contribution is -0.141. The summed E-state index contributed by atoms with van der Waals surface area (Å²) in [5.41, 5.74) is -0.414. The van der Waals surface area contributed by atoms with Crippen LogP contribution in [0.15, 0.2) is 49.6 Å². The largest absolute Gasteiger partial charge is 0.435 e. The first kappa shape index (κ1) is 31.2. The molecule has 6 rings (SSSR count). The minimum atomic E-state index is -4.71. The van der Waals surface area contributed by atoms with Crippen molar-refractivity contribution in [3.05, 3.63) is 72.2 Å². The highest BCUT2D eigenvalue weighted by atomic mass is 19.4. The van der Waals surface area contributed by atoms with Crippen LogP contribution in [-0.4, -0.2) is 89.3 Å². The fourth-order valence-electron chi connectivity index (χ4n) is 5.90. The van der Waals surface area contributed by atoms with Crippen molar-refractivity contribution in [2.75, 3.05) is 31.5 Å². The molecule has 0 unspecified atom stereocenters. The highest BCUT2D eigenvalue weighted by Gasteiger charge is 2.38. The zero-order valence-electron chi connectivity index (χ0n) is 24.8. The van der Waals surface area contributed by atoms with E-state index in [1.54, 1.807) is 17.9 Å². The average molecular weight is 642 g/mol. The van der Waals surface area contributed by atoms with E-state index in [4.69, 9.17) is 0 Å². The van der Waals surface area contributed by atoms with Crippen molar-refractivity contribution in [2.45, 2.75) is 44.8 Å². The van der Waals surface area contributed by atoms with Crippen molar-refractivity contribution < 1.29 is 32.3 Å². The van der Waals surface area contributed by atoms with Crippen molar-refractivity contribution >= 4 is 29.0 Å². The maximum atomic E-state index is 15.5. The number of nitrogens with one attached hydrogen (secondary N) is 2. The van der Waals surface area contributed by atoms with Gasteiger partial charge in [-0.1, -0.05) is 6.08 Å². The first-order chi connectivity index (χ1) is 21.9. The quantitative estimate of drug-likeness (QED) is 0.207. The Morgan fingerprint density at radius 1 is 1.15 bits per heavy atom. The summed E-state index contributed by atoms with van der Waals surface area (Å²) in [6.07, 6.45) is 2.44. The Kier molecular flexibility index (Phi) is 8.24. The number of allylic oxidation sites excluding steroid dienone is 1. The number of aliphatic hydroxyl groups is 1. The number of amides is 2. The number of fused-ring (bicyclic) bond motifs is 1. The number of anilines is 2. The number of carbonyl (C=O) groups excluding carboxylic acids is 2. The van der Waals surface area contributed by atoms with Gasteiger partial charge in [0.25, 0.3) is 5.91 Å². The molecule has 2 aliphatic heterocycles. The van der Waals surface area contributed by atoms with Crippen LogP contribution in [0.5, 0.6) is 0 Å². The van der Waals surface area contributed by atoms with Crippen molar-refractivity contribution in [1.29, 1.82) is 0 Å². The molecule has 3 N–H and O–H groups in total. The van der Waals surface area contributed by atoms with E-state index in [-0.39, 0.29) is 59.5 Å². The van der Waals surface area contributed by atoms with E-state index in [0.717, 1.165) is 10.7 Å². The molecule has 1 aromatic carbocycles. The third kappa shape index (κ3) is 5.92. The lowest BCUT2D eigenvalue weighted by Crippen LogP contribution is -2.54. The van der Waals surface area contributed by atoms with Gasteiger partial charge in [0, 0.05) is 50.5 Å². The number of hydrogen-bond donors (Lipinski definition) is 3. The second-order valence-corrected chi connectivity index (χ2v) is 11.2. The summed E-state index contributed by atoms with van der Waals surface area (Å²) in [6, 6.07) is 2.26. The normalized spacial score (nSPS) is 18.7. The number of halogens is 4. The second-order valence-electron chi connectivity index (χ2n) is 11.2. The Labute approximate surface area is 260 Å². The molecule has 16 heteroatoms. The molecule has 0 spiro atoms. The number of aryl methyl sites for hydroxylation is 1. The third-order valence-electron chi connectivity index (χ3n) is 8.11. The molecule has 0 radical (unpaired) electrons. The maximum absolute atomic E-state index is 15.5. The Bertz CT molecular complexity index is 1790. The van der Waals surface area contributed by atoms with Crippen molar-refractivity contribution in [2.24, 2.45) is 0 Å². The van der Waals surface area contributed by atoms with E-state index in [1.807, 2.05) is 0 Å². The molecule has 2 aliphatic rings. The zero-order chi connectivity index (χ0) is 32.7. The van der Waals surface area contributed by atoms with Crippen molar-refractivity contribution in [3.63, 3.8) is 0 Å². The van der Waals surface area contributed by atoms with E-state index < -0.39 is 35.9 Å². The molecule has 0 bridgehead atoms. The van der Waals surface area contributed by atoms with Crippen molar-refractivity contribution in [1.82, 2.24) is 39.3 Å². The van der Waals surface area contributed by atoms with Gasteiger partial charge in [0.2, 0.25) is 5.91 Å². The number of benzene rings is 1.